The molecule has 2 aliphatic rings. The summed E-state index contributed by atoms with van der Waals surface area (Å²) >= 11 is 6.74. The molecule has 0 radical (unpaired) electrons. The van der Waals surface area contributed by atoms with Crippen molar-refractivity contribution in [2.45, 2.75) is 0 Å². The zero-order chi connectivity index (χ0) is 18.4. The highest BCUT2D eigenvalue weighted by Crippen LogP contribution is 2.41. The number of benzene rings is 2. The number of rotatable bonds is 2. The number of hydrogen-bond donors (Lipinski definition) is 0. The van der Waals surface area contributed by atoms with E-state index in [1.807, 2.05) is 36.4 Å². The average Bonchev–Trinajstić information content (AvgIpc) is 3.26. The standard InChI is InChI=1S/C20H12N2O3S2/c23-19-17(9-13-4-1-3-12-5-2-8-21-18(12)13)27-20(26)22(19)14-6-7-15-16(10-14)25-11-24-15/h1-10H,11H2/b17-9-. The van der Waals surface area contributed by atoms with E-state index in [9.17, 15) is 4.79 Å². The van der Waals surface area contributed by atoms with Crippen LogP contribution in [0.25, 0.3) is 17.0 Å². The number of nitrogens with zero attached hydrogens (tertiary/aromatic N) is 2. The van der Waals surface area contributed by atoms with Crippen molar-refractivity contribution in [2.75, 3.05) is 11.7 Å². The van der Waals surface area contributed by atoms with Gasteiger partial charge in [-0.05, 0) is 24.3 Å². The molecule has 0 N–H and O–H groups in total. The van der Waals surface area contributed by atoms with Gasteiger partial charge in [0.2, 0.25) is 6.79 Å². The normalized spacial score (nSPS) is 17.3. The smallest absolute Gasteiger partial charge is 0.270 e. The number of para-hydroxylation sites is 1. The van der Waals surface area contributed by atoms with E-state index in [1.165, 1.54) is 16.7 Å². The number of hydrogen-bond acceptors (Lipinski definition) is 6. The Morgan fingerprint density at radius 3 is 2.89 bits per heavy atom. The predicted octanol–water partition coefficient (Wildman–Crippen LogP) is 4.37. The monoisotopic (exact) mass is 392 g/mol. The lowest BCUT2D eigenvalue weighted by molar-refractivity contribution is -0.113. The van der Waals surface area contributed by atoms with E-state index in [2.05, 4.69) is 4.98 Å². The Labute approximate surface area is 164 Å². The molecule has 2 aromatic carbocycles. The lowest BCUT2D eigenvalue weighted by Crippen LogP contribution is -2.27. The lowest BCUT2D eigenvalue weighted by atomic mass is 10.1. The van der Waals surface area contributed by atoms with E-state index in [4.69, 9.17) is 21.7 Å². The topological polar surface area (TPSA) is 51.7 Å². The molecule has 1 saturated heterocycles. The van der Waals surface area contributed by atoms with Crippen molar-refractivity contribution in [3.05, 3.63) is 65.2 Å². The largest absolute Gasteiger partial charge is 0.454 e. The summed E-state index contributed by atoms with van der Waals surface area (Å²) < 4.78 is 11.2. The van der Waals surface area contributed by atoms with Crippen LogP contribution in [0.5, 0.6) is 11.5 Å². The van der Waals surface area contributed by atoms with Crippen LogP contribution in [0.1, 0.15) is 5.56 Å². The van der Waals surface area contributed by atoms with Crippen LogP contribution in [-0.4, -0.2) is 22.0 Å². The van der Waals surface area contributed by atoms with Gasteiger partial charge in [0, 0.05) is 23.2 Å². The van der Waals surface area contributed by atoms with Gasteiger partial charge in [-0.2, -0.15) is 0 Å². The molecule has 2 aliphatic heterocycles. The first-order valence-corrected chi connectivity index (χ1v) is 9.44. The van der Waals surface area contributed by atoms with Crippen molar-refractivity contribution in [1.82, 2.24) is 4.98 Å². The SMILES string of the molecule is O=C1/C(=C/c2cccc3cccnc23)SC(=S)N1c1ccc2c(c1)OCO2. The van der Waals surface area contributed by atoms with Gasteiger partial charge in [0.25, 0.3) is 5.91 Å². The number of aromatic nitrogens is 1. The van der Waals surface area contributed by atoms with Gasteiger partial charge in [0.15, 0.2) is 15.8 Å². The molecule has 3 aromatic rings. The minimum atomic E-state index is -0.156. The van der Waals surface area contributed by atoms with Gasteiger partial charge < -0.3 is 9.47 Å². The van der Waals surface area contributed by atoms with Crippen LogP contribution >= 0.6 is 24.0 Å². The van der Waals surface area contributed by atoms with Crippen LogP contribution in [0.3, 0.4) is 0 Å². The van der Waals surface area contributed by atoms with Gasteiger partial charge in [-0.3, -0.25) is 14.7 Å². The fourth-order valence-electron chi connectivity index (χ4n) is 3.10. The Balaban J connectivity index is 1.53. The number of fused-ring (bicyclic) bond motifs is 2. The highest BCUT2D eigenvalue weighted by molar-refractivity contribution is 8.27. The molecule has 0 atom stereocenters. The van der Waals surface area contributed by atoms with Crippen molar-refractivity contribution in [2.24, 2.45) is 0 Å². The van der Waals surface area contributed by atoms with Crippen molar-refractivity contribution in [3.8, 4) is 11.5 Å². The summed E-state index contributed by atoms with van der Waals surface area (Å²) in [6.07, 6.45) is 3.60. The van der Waals surface area contributed by atoms with Gasteiger partial charge in [-0.1, -0.05) is 48.2 Å². The van der Waals surface area contributed by atoms with E-state index in [1.54, 1.807) is 24.4 Å². The Kier molecular flexibility index (Phi) is 3.84. The molecular formula is C20H12N2O3S2. The zero-order valence-corrected chi connectivity index (χ0v) is 15.5. The fourth-order valence-corrected chi connectivity index (χ4v) is 4.39. The molecule has 3 heterocycles. The third-order valence-electron chi connectivity index (χ3n) is 4.36. The molecule has 7 heteroatoms. The molecule has 0 saturated carbocycles. The number of carbonyl (C=O) groups is 1. The summed E-state index contributed by atoms with van der Waals surface area (Å²) in [5.74, 6) is 1.13. The summed E-state index contributed by atoms with van der Waals surface area (Å²) in [5, 5.41) is 1.03. The number of anilines is 1. The Morgan fingerprint density at radius 2 is 1.96 bits per heavy atom. The molecule has 0 unspecified atom stereocenters. The van der Waals surface area contributed by atoms with E-state index >= 15 is 0 Å². The Bertz CT molecular complexity index is 1140. The van der Waals surface area contributed by atoms with Crippen molar-refractivity contribution in [3.63, 3.8) is 0 Å². The van der Waals surface area contributed by atoms with E-state index < -0.39 is 0 Å². The predicted molar refractivity (Wildman–Crippen MR) is 110 cm³/mol. The molecular weight excluding hydrogens is 380 g/mol. The second-order valence-corrected chi connectivity index (χ2v) is 7.65. The third kappa shape index (κ3) is 2.75. The summed E-state index contributed by atoms with van der Waals surface area (Å²) in [6.45, 7) is 0.186. The Morgan fingerprint density at radius 1 is 1.11 bits per heavy atom. The molecule has 1 amide bonds. The van der Waals surface area contributed by atoms with Crippen LogP contribution in [-0.2, 0) is 4.79 Å². The van der Waals surface area contributed by atoms with Crippen LogP contribution in [0.4, 0.5) is 5.69 Å². The second kappa shape index (κ2) is 6.37. The fraction of sp³-hybridized carbons (Fsp3) is 0.0500. The lowest BCUT2D eigenvalue weighted by Gasteiger charge is -2.14. The number of ether oxygens (including phenoxy) is 2. The minimum absolute atomic E-state index is 0.156. The number of thiocarbonyl (C=S) groups is 1. The zero-order valence-electron chi connectivity index (χ0n) is 13.9. The van der Waals surface area contributed by atoms with E-state index in [0.717, 1.165) is 16.5 Å². The molecule has 1 fully saturated rings. The molecule has 0 aliphatic carbocycles. The first kappa shape index (κ1) is 16.3. The van der Waals surface area contributed by atoms with Gasteiger partial charge >= 0.3 is 0 Å². The number of amides is 1. The number of pyridine rings is 1. The van der Waals surface area contributed by atoms with Crippen LogP contribution < -0.4 is 14.4 Å². The summed E-state index contributed by atoms with van der Waals surface area (Å²) in [6, 6.07) is 15.2. The first-order chi connectivity index (χ1) is 13.2. The molecule has 0 bridgehead atoms. The molecule has 27 heavy (non-hydrogen) atoms. The molecule has 5 rings (SSSR count). The van der Waals surface area contributed by atoms with Crippen molar-refractivity contribution < 1.29 is 14.3 Å². The number of thioether (sulfide) groups is 1. The minimum Gasteiger partial charge on any atom is -0.454 e. The third-order valence-corrected chi connectivity index (χ3v) is 5.66. The number of carbonyl (C=O) groups excluding carboxylic acids is 1. The van der Waals surface area contributed by atoms with Crippen LogP contribution in [0, 0.1) is 0 Å². The summed E-state index contributed by atoms with van der Waals surface area (Å²) in [7, 11) is 0. The van der Waals surface area contributed by atoms with Crippen LogP contribution in [0.2, 0.25) is 0 Å². The van der Waals surface area contributed by atoms with Crippen molar-refractivity contribution in [1.29, 1.82) is 0 Å². The molecule has 132 valence electrons. The maximum absolute atomic E-state index is 13.0. The quantitative estimate of drug-likeness (QED) is 0.477. The second-order valence-electron chi connectivity index (χ2n) is 5.98. The highest BCUT2D eigenvalue weighted by Gasteiger charge is 2.34. The first-order valence-electron chi connectivity index (χ1n) is 8.22. The van der Waals surface area contributed by atoms with Gasteiger partial charge in [-0.25, -0.2) is 0 Å². The van der Waals surface area contributed by atoms with Crippen LogP contribution in [0.15, 0.2) is 59.6 Å². The molecule has 5 nitrogen and oxygen atoms in total. The highest BCUT2D eigenvalue weighted by atomic mass is 32.2. The van der Waals surface area contributed by atoms with Gasteiger partial charge in [0.05, 0.1) is 16.1 Å². The van der Waals surface area contributed by atoms with E-state index in [-0.39, 0.29) is 12.7 Å². The maximum atomic E-state index is 13.0. The maximum Gasteiger partial charge on any atom is 0.270 e. The molecule has 1 aromatic heterocycles. The molecule has 0 spiro atoms. The average molecular weight is 392 g/mol. The van der Waals surface area contributed by atoms with E-state index in [0.29, 0.717) is 26.4 Å². The van der Waals surface area contributed by atoms with Gasteiger partial charge in [0.1, 0.15) is 0 Å². The summed E-state index contributed by atoms with van der Waals surface area (Å²) in [4.78, 5) is 19.5. The van der Waals surface area contributed by atoms with Crippen molar-refractivity contribution >= 4 is 56.9 Å². The van der Waals surface area contributed by atoms with Gasteiger partial charge in [-0.15, -0.1) is 0 Å². The Hall–Kier alpha value is -2.90. The summed E-state index contributed by atoms with van der Waals surface area (Å²) in [5.41, 5.74) is 2.41.